The Morgan fingerprint density at radius 1 is 1.20 bits per heavy atom. The van der Waals surface area contributed by atoms with E-state index in [4.69, 9.17) is 9.16 Å². The van der Waals surface area contributed by atoms with Gasteiger partial charge in [0.25, 0.3) is 0 Å². The molecule has 2 unspecified atom stereocenters. The van der Waals surface area contributed by atoms with Crippen molar-refractivity contribution in [2.45, 2.75) is 83.2 Å². The normalized spacial score (nSPS) is 25.4. The molecule has 0 aliphatic carbocycles. The molecule has 0 radical (unpaired) electrons. The second kappa shape index (κ2) is 7.44. The largest absolute Gasteiger partial charge is 0.550 e. The molecule has 149 valence electrons. The maximum Gasteiger partial charge on any atom is 0.418 e. The summed E-state index contributed by atoms with van der Waals surface area (Å²) in [5, 5.41) is 10.3. The van der Waals surface area contributed by atoms with Crippen LogP contribution in [0, 0.1) is 0 Å². The summed E-state index contributed by atoms with van der Waals surface area (Å²) >= 11 is 0. The average molecular weight is 385 g/mol. The molecule has 5 nitrogen and oxygen atoms in total. The molecule has 1 fully saturated rings. The molecule has 0 bridgehead atoms. The minimum absolute atomic E-state index is 0.462. The van der Waals surface area contributed by atoms with Crippen LogP contribution in [0.4, 0.5) is 18.0 Å². The van der Waals surface area contributed by atoms with Crippen LogP contribution in [0.3, 0.4) is 0 Å². The predicted molar refractivity (Wildman–Crippen MR) is 90.9 cm³/mol. The van der Waals surface area contributed by atoms with Crippen molar-refractivity contribution in [3.8, 4) is 0 Å². The zero-order valence-electron chi connectivity index (χ0n) is 15.9. The summed E-state index contributed by atoms with van der Waals surface area (Å²) in [6.45, 7) is 9.14. The third-order valence-electron chi connectivity index (χ3n) is 4.82. The Morgan fingerprint density at radius 2 is 1.68 bits per heavy atom. The second-order valence-corrected chi connectivity index (χ2v) is 12.3. The number of alkyl halides is 3. The molecule has 1 N–H and O–H groups in total. The number of aliphatic hydroxyl groups excluding tert-OH is 1. The Hall–Kier alpha value is -0.803. The van der Waals surface area contributed by atoms with E-state index < -0.39 is 51.0 Å². The summed E-state index contributed by atoms with van der Waals surface area (Å²) < 4.78 is 52.7. The zero-order chi connectivity index (χ0) is 19.7. The molecule has 25 heavy (non-hydrogen) atoms. The first-order chi connectivity index (χ1) is 11.3. The van der Waals surface area contributed by atoms with Crippen LogP contribution in [0.25, 0.3) is 0 Å². The number of ether oxygens (including phenoxy) is 1. The number of rotatable bonds is 5. The number of halogens is 3. The van der Waals surface area contributed by atoms with Gasteiger partial charge in [-0.25, -0.2) is 4.79 Å². The van der Waals surface area contributed by atoms with Gasteiger partial charge < -0.3 is 19.2 Å². The van der Waals surface area contributed by atoms with Crippen LogP contribution in [0.15, 0.2) is 0 Å². The molecule has 1 rings (SSSR count). The summed E-state index contributed by atoms with van der Waals surface area (Å²) in [5.74, 6) is 0. The first-order valence-electron chi connectivity index (χ1n) is 8.68. The standard InChI is InChI=1S/C16H30F3NO4Si/c1-7-25(8-2,9-3)24-15(16(17,18)19)11-20(10-12(15)21)13(22)23-14(4,5)6/h12,21H,7-11H2,1-6H3/q-1. The van der Waals surface area contributed by atoms with E-state index in [-0.39, 0.29) is 0 Å². The van der Waals surface area contributed by atoms with Gasteiger partial charge in [-0.05, 0) is 29.1 Å². The number of carbonyl (C=O) groups is 1. The highest BCUT2D eigenvalue weighted by Gasteiger charge is 2.65. The highest BCUT2D eigenvalue weighted by Crippen LogP contribution is 2.45. The Labute approximate surface area is 148 Å². The Bertz CT molecular complexity index is 469. The van der Waals surface area contributed by atoms with Crippen LogP contribution in [-0.2, 0) is 9.16 Å². The van der Waals surface area contributed by atoms with Gasteiger partial charge in [0.1, 0.15) is 11.7 Å². The van der Waals surface area contributed by atoms with Gasteiger partial charge in [0, 0.05) is 0 Å². The van der Waals surface area contributed by atoms with Gasteiger partial charge in [-0.1, -0.05) is 20.8 Å². The molecule has 0 spiro atoms. The topological polar surface area (TPSA) is 59.0 Å². The summed E-state index contributed by atoms with van der Waals surface area (Å²) in [4.78, 5) is 13.1. The van der Waals surface area contributed by atoms with Crippen molar-refractivity contribution >= 4 is 14.4 Å². The molecule has 1 heterocycles. The molecule has 0 aromatic carbocycles. The minimum Gasteiger partial charge on any atom is -0.550 e. The lowest BCUT2D eigenvalue weighted by Gasteiger charge is -2.51. The molecule has 1 amide bonds. The van der Waals surface area contributed by atoms with Crippen LogP contribution in [0.1, 0.15) is 41.5 Å². The van der Waals surface area contributed by atoms with E-state index in [9.17, 15) is 23.1 Å². The fourth-order valence-electron chi connectivity index (χ4n) is 3.06. The molecule has 0 aromatic heterocycles. The number of likely N-dealkylation sites (tertiary alicyclic amines) is 1. The van der Waals surface area contributed by atoms with Gasteiger partial charge in [0.05, 0.1) is 13.1 Å². The zero-order valence-corrected chi connectivity index (χ0v) is 16.9. The van der Waals surface area contributed by atoms with Gasteiger partial charge >= 0.3 is 12.3 Å². The van der Waals surface area contributed by atoms with Gasteiger partial charge in [-0.3, -0.25) is 0 Å². The van der Waals surface area contributed by atoms with Gasteiger partial charge in [0.15, 0.2) is 5.60 Å². The first-order valence-corrected chi connectivity index (χ1v) is 11.2. The molecule has 0 saturated carbocycles. The van der Waals surface area contributed by atoms with Crippen LogP contribution >= 0.6 is 0 Å². The Kier molecular flexibility index (Phi) is 6.62. The summed E-state index contributed by atoms with van der Waals surface area (Å²) in [6.07, 6.45) is -7.50. The van der Waals surface area contributed by atoms with E-state index in [0.29, 0.717) is 18.1 Å². The summed E-state index contributed by atoms with van der Waals surface area (Å²) in [5.41, 5.74) is -3.58. The van der Waals surface area contributed by atoms with Crippen LogP contribution in [0.2, 0.25) is 18.1 Å². The third-order valence-corrected chi connectivity index (χ3v) is 9.48. The lowest BCUT2D eigenvalue weighted by molar-refractivity contribution is -0.269. The van der Waals surface area contributed by atoms with Crippen molar-refractivity contribution in [3.63, 3.8) is 0 Å². The van der Waals surface area contributed by atoms with Crippen molar-refractivity contribution in [2.24, 2.45) is 0 Å². The van der Waals surface area contributed by atoms with Crippen molar-refractivity contribution in [1.82, 2.24) is 4.90 Å². The fourth-order valence-corrected chi connectivity index (χ4v) is 6.09. The third kappa shape index (κ3) is 4.68. The number of hydrogen-bond acceptors (Lipinski definition) is 4. The summed E-state index contributed by atoms with van der Waals surface area (Å²) in [7, 11) is -2.68. The van der Waals surface area contributed by atoms with Crippen molar-refractivity contribution in [1.29, 1.82) is 0 Å². The van der Waals surface area contributed by atoms with E-state index in [2.05, 4.69) is 0 Å². The van der Waals surface area contributed by atoms with Gasteiger partial charge in [-0.15, -0.1) is 18.1 Å². The lowest BCUT2D eigenvalue weighted by Crippen LogP contribution is -2.62. The quantitative estimate of drug-likeness (QED) is 0.729. The second-order valence-electron chi connectivity index (χ2n) is 7.61. The molecule has 9 heteroatoms. The molecule has 1 aliphatic heterocycles. The van der Waals surface area contributed by atoms with E-state index >= 15 is 0 Å². The number of aliphatic hydroxyl groups is 1. The lowest BCUT2D eigenvalue weighted by atomic mass is 10.0. The monoisotopic (exact) mass is 385 g/mol. The maximum absolute atomic E-state index is 13.9. The average Bonchev–Trinajstić information content (AvgIpc) is 2.81. The van der Waals surface area contributed by atoms with Crippen molar-refractivity contribution < 1.29 is 32.2 Å². The van der Waals surface area contributed by atoms with Crippen molar-refractivity contribution in [2.75, 3.05) is 13.1 Å². The molecule has 1 aliphatic rings. The van der Waals surface area contributed by atoms with E-state index in [1.54, 1.807) is 20.8 Å². The number of nitrogens with zero attached hydrogens (tertiary/aromatic N) is 1. The van der Waals surface area contributed by atoms with E-state index in [1.807, 2.05) is 20.8 Å². The van der Waals surface area contributed by atoms with E-state index in [1.165, 1.54) is 0 Å². The molecule has 2 atom stereocenters. The fraction of sp³-hybridized carbons (Fsp3) is 0.938. The molecular formula is C16H30F3NO4Si-. The molecule has 0 aromatic rings. The summed E-state index contributed by atoms with van der Waals surface area (Å²) in [6, 6.07) is 1.53. The number of carbonyl (C=O) groups excluding carboxylic acids is 1. The smallest absolute Gasteiger partial charge is 0.418 e. The SMILES string of the molecule is CC[Si-](CC)(CC)OC1(C(F)(F)F)CN(C(=O)OC(C)(C)C)CC1O. The number of amides is 1. The molecule has 1 saturated heterocycles. The predicted octanol–water partition coefficient (Wildman–Crippen LogP) is 3.92. The van der Waals surface area contributed by atoms with Crippen LogP contribution < -0.4 is 0 Å². The first kappa shape index (κ1) is 22.2. The van der Waals surface area contributed by atoms with E-state index in [0.717, 1.165) is 4.90 Å². The molecular weight excluding hydrogens is 355 g/mol. The van der Waals surface area contributed by atoms with Crippen LogP contribution in [-0.4, -0.2) is 61.0 Å². The Balaban J connectivity index is 3.17. The number of β-amino-alcohol motifs (C(OH)–C–C–N with tert-alkyl or cyclic N) is 1. The number of hydrogen-bond donors (Lipinski definition) is 1. The van der Waals surface area contributed by atoms with Crippen LogP contribution in [0.5, 0.6) is 0 Å². The maximum atomic E-state index is 13.9. The van der Waals surface area contributed by atoms with Gasteiger partial charge in [0.2, 0.25) is 0 Å². The van der Waals surface area contributed by atoms with Gasteiger partial charge in [-0.2, -0.15) is 13.2 Å². The van der Waals surface area contributed by atoms with Crippen molar-refractivity contribution in [3.05, 3.63) is 0 Å². The highest BCUT2D eigenvalue weighted by atomic mass is 28.4. The Morgan fingerprint density at radius 3 is 2.04 bits per heavy atom. The highest BCUT2D eigenvalue weighted by molar-refractivity contribution is 6.73. The minimum atomic E-state index is -4.79.